The van der Waals surface area contributed by atoms with Gasteiger partial charge in [-0.2, -0.15) is 0 Å². The molecule has 0 bridgehead atoms. The van der Waals surface area contributed by atoms with Crippen molar-refractivity contribution in [3.05, 3.63) is 59.7 Å². The van der Waals surface area contributed by atoms with Gasteiger partial charge in [0.05, 0.1) is 0 Å². The molecule has 0 saturated heterocycles. The maximum atomic E-state index is 2.30. The molecule has 0 heteroatoms. The maximum Gasteiger partial charge on any atom is -0.0134 e. The summed E-state index contributed by atoms with van der Waals surface area (Å²) in [5.41, 5.74) is 3.37. The van der Waals surface area contributed by atoms with Gasteiger partial charge in [0.1, 0.15) is 0 Å². The molecular formula is C16H20. The molecule has 16 heavy (non-hydrogen) atoms. The number of benzene rings is 1. The third kappa shape index (κ3) is 3.10. The summed E-state index contributed by atoms with van der Waals surface area (Å²) < 4.78 is 0. The van der Waals surface area contributed by atoms with Crippen molar-refractivity contribution in [3.8, 4) is 0 Å². The Morgan fingerprint density at radius 3 is 2.50 bits per heavy atom. The van der Waals surface area contributed by atoms with Crippen LogP contribution in [0.15, 0.2) is 54.1 Å². The number of hydrogen-bond donors (Lipinski definition) is 0. The molecule has 1 aliphatic carbocycles. The Bertz CT molecular complexity index is 393. The highest BCUT2D eigenvalue weighted by molar-refractivity contribution is 5.24. The van der Waals surface area contributed by atoms with E-state index in [-0.39, 0.29) is 0 Å². The molecular weight excluding hydrogens is 192 g/mol. The summed E-state index contributed by atoms with van der Waals surface area (Å²) in [7, 11) is 0. The first kappa shape index (κ1) is 11.2. The van der Waals surface area contributed by atoms with Gasteiger partial charge in [-0.25, -0.2) is 0 Å². The van der Waals surface area contributed by atoms with Gasteiger partial charge in [0.15, 0.2) is 0 Å². The number of hydrogen-bond acceptors (Lipinski definition) is 0. The SMILES string of the molecule is CC1(C)C=CC=C(CCc2ccccc2)C1. The third-order valence-corrected chi connectivity index (χ3v) is 3.14. The van der Waals surface area contributed by atoms with Gasteiger partial charge in [0.25, 0.3) is 0 Å². The Morgan fingerprint density at radius 2 is 1.81 bits per heavy atom. The summed E-state index contributed by atoms with van der Waals surface area (Å²) in [6, 6.07) is 10.7. The third-order valence-electron chi connectivity index (χ3n) is 3.14. The molecule has 0 amide bonds. The van der Waals surface area contributed by atoms with Crippen LogP contribution in [0.1, 0.15) is 32.3 Å². The van der Waals surface area contributed by atoms with Crippen molar-refractivity contribution in [2.75, 3.05) is 0 Å². The predicted octanol–water partition coefficient (Wildman–Crippen LogP) is 4.53. The molecule has 0 unspecified atom stereocenters. The molecule has 0 heterocycles. The standard InChI is InChI=1S/C16H20/c1-16(2)12-6-9-15(13-16)11-10-14-7-4-3-5-8-14/h3-9,12H,10-11,13H2,1-2H3. The number of allylic oxidation sites excluding steroid dienone is 4. The molecule has 0 N–H and O–H groups in total. The molecule has 0 saturated carbocycles. The van der Waals surface area contributed by atoms with Crippen molar-refractivity contribution < 1.29 is 0 Å². The first-order valence-electron chi connectivity index (χ1n) is 6.07. The van der Waals surface area contributed by atoms with Crippen molar-refractivity contribution in [3.63, 3.8) is 0 Å². The van der Waals surface area contributed by atoms with E-state index in [1.165, 1.54) is 18.4 Å². The molecule has 0 fully saturated rings. The van der Waals surface area contributed by atoms with Crippen LogP contribution in [0.5, 0.6) is 0 Å². The van der Waals surface area contributed by atoms with Crippen molar-refractivity contribution >= 4 is 0 Å². The van der Waals surface area contributed by atoms with Crippen molar-refractivity contribution in [2.45, 2.75) is 33.1 Å². The van der Waals surface area contributed by atoms with Crippen molar-refractivity contribution in [1.29, 1.82) is 0 Å². The van der Waals surface area contributed by atoms with Crippen LogP contribution in [-0.2, 0) is 6.42 Å². The topological polar surface area (TPSA) is 0 Å². The Morgan fingerprint density at radius 1 is 1.06 bits per heavy atom. The lowest BCUT2D eigenvalue weighted by Crippen LogP contribution is -2.11. The average molecular weight is 212 g/mol. The van der Waals surface area contributed by atoms with Crippen LogP contribution < -0.4 is 0 Å². The first-order valence-corrected chi connectivity index (χ1v) is 6.07. The zero-order valence-corrected chi connectivity index (χ0v) is 10.2. The second kappa shape index (κ2) is 4.69. The first-order chi connectivity index (χ1) is 7.66. The molecule has 1 aliphatic rings. The van der Waals surface area contributed by atoms with Crippen molar-refractivity contribution in [1.82, 2.24) is 0 Å². The van der Waals surface area contributed by atoms with E-state index in [0.29, 0.717) is 5.41 Å². The van der Waals surface area contributed by atoms with Gasteiger partial charge in [-0.3, -0.25) is 0 Å². The fraction of sp³-hybridized carbons (Fsp3) is 0.375. The Labute approximate surface area is 98.7 Å². The molecule has 0 nitrogen and oxygen atoms in total. The van der Waals surface area contributed by atoms with Gasteiger partial charge in [-0.15, -0.1) is 0 Å². The average Bonchev–Trinajstić information content (AvgIpc) is 2.27. The van der Waals surface area contributed by atoms with Crippen LogP contribution in [0, 0.1) is 5.41 Å². The van der Waals surface area contributed by atoms with E-state index in [4.69, 9.17) is 0 Å². The second-order valence-corrected chi connectivity index (χ2v) is 5.33. The van der Waals surface area contributed by atoms with Gasteiger partial charge in [-0.1, -0.05) is 68.0 Å². The molecule has 0 atom stereocenters. The molecule has 0 radical (unpaired) electrons. The molecule has 84 valence electrons. The normalized spacial score (nSPS) is 18.2. The molecule has 1 aromatic rings. The highest BCUT2D eigenvalue weighted by Gasteiger charge is 2.18. The minimum Gasteiger partial charge on any atom is -0.0785 e. The van der Waals surface area contributed by atoms with Crippen LogP contribution in [0.25, 0.3) is 0 Å². The van der Waals surface area contributed by atoms with E-state index < -0.39 is 0 Å². The summed E-state index contributed by atoms with van der Waals surface area (Å²) in [6.45, 7) is 4.61. The minimum atomic E-state index is 0.348. The number of aryl methyl sites for hydroxylation is 1. The summed E-state index contributed by atoms with van der Waals surface area (Å²) in [5.74, 6) is 0. The van der Waals surface area contributed by atoms with Crippen LogP contribution in [0.3, 0.4) is 0 Å². The lowest BCUT2D eigenvalue weighted by molar-refractivity contribution is 0.462. The van der Waals surface area contributed by atoms with E-state index in [2.05, 4.69) is 62.4 Å². The maximum absolute atomic E-state index is 2.30. The zero-order chi connectivity index (χ0) is 11.4. The fourth-order valence-corrected chi connectivity index (χ4v) is 2.27. The van der Waals surface area contributed by atoms with E-state index in [9.17, 15) is 0 Å². The van der Waals surface area contributed by atoms with Gasteiger partial charge in [0.2, 0.25) is 0 Å². The Hall–Kier alpha value is -1.30. The Kier molecular flexibility index (Phi) is 3.28. The molecule has 0 aromatic heterocycles. The largest absolute Gasteiger partial charge is 0.0785 e. The molecule has 0 spiro atoms. The van der Waals surface area contributed by atoms with E-state index in [0.717, 1.165) is 6.42 Å². The summed E-state index contributed by atoms with van der Waals surface area (Å²) in [4.78, 5) is 0. The summed E-state index contributed by atoms with van der Waals surface area (Å²) in [5, 5.41) is 0. The van der Waals surface area contributed by atoms with E-state index in [1.807, 2.05) is 0 Å². The lowest BCUT2D eigenvalue weighted by Gasteiger charge is -2.25. The van der Waals surface area contributed by atoms with Gasteiger partial charge in [-0.05, 0) is 30.2 Å². The van der Waals surface area contributed by atoms with Gasteiger partial charge in [0, 0.05) is 0 Å². The minimum absolute atomic E-state index is 0.348. The second-order valence-electron chi connectivity index (χ2n) is 5.33. The van der Waals surface area contributed by atoms with Crippen LogP contribution in [-0.4, -0.2) is 0 Å². The van der Waals surface area contributed by atoms with Gasteiger partial charge < -0.3 is 0 Å². The quantitative estimate of drug-likeness (QED) is 0.690. The molecule has 0 aliphatic heterocycles. The Balaban J connectivity index is 1.92. The fourth-order valence-electron chi connectivity index (χ4n) is 2.27. The van der Waals surface area contributed by atoms with Crippen LogP contribution in [0.2, 0.25) is 0 Å². The highest BCUT2D eigenvalue weighted by atomic mass is 14.2. The van der Waals surface area contributed by atoms with E-state index >= 15 is 0 Å². The number of rotatable bonds is 3. The summed E-state index contributed by atoms with van der Waals surface area (Å²) >= 11 is 0. The van der Waals surface area contributed by atoms with Crippen LogP contribution in [0.4, 0.5) is 0 Å². The van der Waals surface area contributed by atoms with Crippen LogP contribution >= 0.6 is 0 Å². The molecule has 2 rings (SSSR count). The monoisotopic (exact) mass is 212 g/mol. The smallest absolute Gasteiger partial charge is 0.0134 e. The molecule has 1 aromatic carbocycles. The lowest BCUT2D eigenvalue weighted by atomic mass is 9.80. The highest BCUT2D eigenvalue weighted by Crippen LogP contribution is 2.32. The summed E-state index contributed by atoms with van der Waals surface area (Å²) in [6.07, 6.45) is 10.4. The zero-order valence-electron chi connectivity index (χ0n) is 10.2. The van der Waals surface area contributed by atoms with Crippen molar-refractivity contribution in [2.24, 2.45) is 5.41 Å². The predicted molar refractivity (Wildman–Crippen MR) is 70.4 cm³/mol. The van der Waals surface area contributed by atoms with E-state index in [1.54, 1.807) is 5.57 Å². The van der Waals surface area contributed by atoms with Gasteiger partial charge >= 0.3 is 0 Å².